The lowest BCUT2D eigenvalue weighted by atomic mass is 9.95. The summed E-state index contributed by atoms with van der Waals surface area (Å²) in [5.41, 5.74) is 2.00. The maximum Gasteiger partial charge on any atom is 0.231 e. The van der Waals surface area contributed by atoms with Crippen LogP contribution in [0.5, 0.6) is 0 Å². The van der Waals surface area contributed by atoms with Crippen LogP contribution in [0.15, 0.2) is 66.9 Å². The second-order valence-electron chi connectivity index (χ2n) is 7.39. The second-order valence-corrected chi connectivity index (χ2v) is 7.39. The SMILES string of the molecule is Cc1ccc(N2CCC(C(=O)N(Cc3ccccc3)c3ccccn3)CC2)nn1. The average Bonchev–Trinajstić information content (AvgIpc) is 2.79. The van der Waals surface area contributed by atoms with Gasteiger partial charge in [0.25, 0.3) is 0 Å². The van der Waals surface area contributed by atoms with Crippen LogP contribution in [0, 0.1) is 12.8 Å². The van der Waals surface area contributed by atoms with Crippen molar-refractivity contribution in [3.63, 3.8) is 0 Å². The molecule has 1 fully saturated rings. The fourth-order valence-corrected chi connectivity index (χ4v) is 3.69. The summed E-state index contributed by atoms with van der Waals surface area (Å²) in [5, 5.41) is 8.43. The molecular weight excluding hydrogens is 362 g/mol. The maximum absolute atomic E-state index is 13.4. The van der Waals surface area contributed by atoms with Crippen molar-refractivity contribution in [1.29, 1.82) is 0 Å². The van der Waals surface area contributed by atoms with Gasteiger partial charge in [-0.2, -0.15) is 5.10 Å². The Morgan fingerprint density at radius 1 is 1.00 bits per heavy atom. The molecule has 0 unspecified atom stereocenters. The van der Waals surface area contributed by atoms with Crippen molar-refractivity contribution >= 4 is 17.5 Å². The number of amides is 1. The van der Waals surface area contributed by atoms with Crippen LogP contribution in [-0.4, -0.2) is 34.2 Å². The van der Waals surface area contributed by atoms with E-state index in [4.69, 9.17) is 0 Å². The minimum atomic E-state index is -0.0182. The number of carbonyl (C=O) groups is 1. The molecule has 29 heavy (non-hydrogen) atoms. The lowest BCUT2D eigenvalue weighted by Crippen LogP contribution is -2.43. The Morgan fingerprint density at radius 3 is 2.41 bits per heavy atom. The van der Waals surface area contributed by atoms with Crippen LogP contribution in [0.2, 0.25) is 0 Å². The zero-order chi connectivity index (χ0) is 20.1. The van der Waals surface area contributed by atoms with Gasteiger partial charge < -0.3 is 4.90 Å². The molecule has 4 rings (SSSR count). The molecule has 0 bridgehead atoms. The number of nitrogens with zero attached hydrogens (tertiary/aromatic N) is 5. The van der Waals surface area contributed by atoms with Crippen molar-refractivity contribution in [2.24, 2.45) is 5.92 Å². The van der Waals surface area contributed by atoms with Crippen molar-refractivity contribution in [3.05, 3.63) is 78.1 Å². The molecule has 148 valence electrons. The van der Waals surface area contributed by atoms with Crippen LogP contribution in [0.1, 0.15) is 24.1 Å². The molecule has 0 aliphatic carbocycles. The number of benzene rings is 1. The summed E-state index contributed by atoms with van der Waals surface area (Å²) in [6, 6.07) is 19.7. The van der Waals surface area contributed by atoms with E-state index in [0.29, 0.717) is 12.4 Å². The predicted molar refractivity (Wildman–Crippen MR) is 114 cm³/mol. The molecule has 3 heterocycles. The van der Waals surface area contributed by atoms with Gasteiger partial charge in [-0.3, -0.25) is 9.69 Å². The lowest BCUT2D eigenvalue weighted by Gasteiger charge is -2.34. The molecule has 3 aromatic rings. The van der Waals surface area contributed by atoms with Crippen molar-refractivity contribution in [2.45, 2.75) is 26.3 Å². The van der Waals surface area contributed by atoms with Gasteiger partial charge in [0.1, 0.15) is 5.82 Å². The number of piperidine rings is 1. The lowest BCUT2D eigenvalue weighted by molar-refractivity contribution is -0.123. The molecule has 1 aliphatic rings. The Bertz CT molecular complexity index is 923. The molecular formula is C23H25N5O. The first-order chi connectivity index (χ1) is 14.2. The highest BCUT2D eigenvalue weighted by Gasteiger charge is 2.30. The molecule has 2 aromatic heterocycles. The Hall–Kier alpha value is -3.28. The fourth-order valence-electron chi connectivity index (χ4n) is 3.69. The third-order valence-electron chi connectivity index (χ3n) is 5.33. The van der Waals surface area contributed by atoms with E-state index < -0.39 is 0 Å². The Labute approximate surface area is 171 Å². The van der Waals surface area contributed by atoms with Crippen molar-refractivity contribution < 1.29 is 4.79 Å². The number of hydrogen-bond acceptors (Lipinski definition) is 5. The summed E-state index contributed by atoms with van der Waals surface area (Å²) in [6.45, 7) is 4.06. The average molecular weight is 387 g/mol. The van der Waals surface area contributed by atoms with E-state index in [2.05, 4.69) is 20.1 Å². The highest BCUT2D eigenvalue weighted by atomic mass is 16.2. The smallest absolute Gasteiger partial charge is 0.231 e. The largest absolute Gasteiger partial charge is 0.355 e. The molecule has 1 amide bonds. The van der Waals surface area contributed by atoms with Gasteiger partial charge in [-0.25, -0.2) is 4.98 Å². The second kappa shape index (κ2) is 8.82. The molecule has 6 nitrogen and oxygen atoms in total. The van der Waals surface area contributed by atoms with Gasteiger partial charge in [-0.05, 0) is 49.6 Å². The summed E-state index contributed by atoms with van der Waals surface area (Å²) in [4.78, 5) is 21.9. The highest BCUT2D eigenvalue weighted by molar-refractivity contribution is 5.94. The summed E-state index contributed by atoms with van der Waals surface area (Å²) in [5.74, 6) is 1.71. The first-order valence-corrected chi connectivity index (χ1v) is 10.0. The molecule has 0 radical (unpaired) electrons. The van der Waals surface area contributed by atoms with Gasteiger partial charge in [-0.1, -0.05) is 36.4 Å². The number of pyridine rings is 1. The third-order valence-corrected chi connectivity index (χ3v) is 5.33. The van der Waals surface area contributed by atoms with Crippen molar-refractivity contribution in [2.75, 3.05) is 22.9 Å². The van der Waals surface area contributed by atoms with E-state index in [1.54, 1.807) is 6.20 Å². The van der Waals surface area contributed by atoms with Gasteiger partial charge in [0.15, 0.2) is 5.82 Å². The topological polar surface area (TPSA) is 62.2 Å². The molecule has 0 atom stereocenters. The molecule has 6 heteroatoms. The molecule has 1 aliphatic heterocycles. The van der Waals surface area contributed by atoms with Crippen molar-refractivity contribution in [3.8, 4) is 0 Å². The standard InChI is InChI=1S/C23H25N5O/c1-18-10-11-22(26-25-18)27-15-12-20(13-16-27)23(29)28(21-9-5-6-14-24-21)17-19-7-3-2-4-8-19/h2-11,14,20H,12-13,15-17H2,1H3. The molecule has 0 saturated carbocycles. The van der Waals surface area contributed by atoms with E-state index in [1.165, 1.54) is 0 Å². The van der Waals surface area contributed by atoms with Gasteiger partial charge in [0.2, 0.25) is 5.91 Å². The zero-order valence-electron chi connectivity index (χ0n) is 16.6. The molecule has 0 spiro atoms. The van der Waals surface area contributed by atoms with Crippen LogP contribution < -0.4 is 9.80 Å². The van der Waals surface area contributed by atoms with Gasteiger partial charge in [-0.15, -0.1) is 5.10 Å². The van der Waals surface area contributed by atoms with Gasteiger partial charge >= 0.3 is 0 Å². The van der Waals surface area contributed by atoms with E-state index >= 15 is 0 Å². The van der Waals surface area contributed by atoms with E-state index in [0.717, 1.165) is 43.0 Å². The molecule has 1 saturated heterocycles. The van der Waals surface area contributed by atoms with E-state index in [1.807, 2.05) is 72.5 Å². The van der Waals surface area contributed by atoms with Crippen LogP contribution >= 0.6 is 0 Å². The third kappa shape index (κ3) is 4.59. The van der Waals surface area contributed by atoms with Crippen LogP contribution in [0.25, 0.3) is 0 Å². The Balaban J connectivity index is 1.47. The van der Waals surface area contributed by atoms with Gasteiger partial charge in [0, 0.05) is 25.2 Å². The number of rotatable bonds is 5. The quantitative estimate of drug-likeness (QED) is 0.669. The predicted octanol–water partition coefficient (Wildman–Crippen LogP) is 3.63. The number of anilines is 2. The summed E-state index contributed by atoms with van der Waals surface area (Å²) >= 11 is 0. The van der Waals surface area contributed by atoms with Crippen molar-refractivity contribution in [1.82, 2.24) is 15.2 Å². The molecule has 0 N–H and O–H groups in total. The highest BCUT2D eigenvalue weighted by Crippen LogP contribution is 2.26. The van der Waals surface area contributed by atoms with Crippen LogP contribution in [-0.2, 0) is 11.3 Å². The van der Waals surface area contributed by atoms with E-state index in [9.17, 15) is 4.79 Å². The number of carbonyl (C=O) groups excluding carboxylic acids is 1. The number of aromatic nitrogens is 3. The van der Waals surface area contributed by atoms with Gasteiger partial charge in [0.05, 0.1) is 12.2 Å². The first kappa shape index (κ1) is 19.1. The zero-order valence-corrected chi connectivity index (χ0v) is 16.6. The number of hydrogen-bond donors (Lipinski definition) is 0. The number of aryl methyl sites for hydroxylation is 1. The summed E-state index contributed by atoms with van der Waals surface area (Å²) < 4.78 is 0. The molecule has 1 aromatic carbocycles. The summed E-state index contributed by atoms with van der Waals surface area (Å²) in [7, 11) is 0. The maximum atomic E-state index is 13.4. The van der Waals surface area contributed by atoms with Crippen LogP contribution in [0.3, 0.4) is 0 Å². The normalized spacial score (nSPS) is 14.6. The fraction of sp³-hybridized carbons (Fsp3) is 0.304. The van der Waals surface area contributed by atoms with Crippen LogP contribution in [0.4, 0.5) is 11.6 Å². The monoisotopic (exact) mass is 387 g/mol. The minimum absolute atomic E-state index is 0.0182. The Morgan fingerprint density at radius 2 is 1.76 bits per heavy atom. The summed E-state index contributed by atoms with van der Waals surface area (Å²) in [6.07, 6.45) is 3.33. The minimum Gasteiger partial charge on any atom is -0.355 e. The Kier molecular flexibility index (Phi) is 5.79. The van der Waals surface area contributed by atoms with E-state index in [-0.39, 0.29) is 11.8 Å². The first-order valence-electron chi connectivity index (χ1n) is 10.0.